The van der Waals surface area contributed by atoms with Gasteiger partial charge in [0.05, 0.1) is 10.8 Å². The van der Waals surface area contributed by atoms with E-state index in [2.05, 4.69) is 5.32 Å². The first-order valence-corrected chi connectivity index (χ1v) is 11.4. The molecule has 0 aromatic heterocycles. The van der Waals surface area contributed by atoms with Crippen LogP contribution in [0.2, 0.25) is 0 Å². The van der Waals surface area contributed by atoms with E-state index in [9.17, 15) is 22.8 Å². The zero-order chi connectivity index (χ0) is 22.5. The molecule has 1 unspecified atom stereocenters. The molecule has 0 radical (unpaired) electrons. The summed E-state index contributed by atoms with van der Waals surface area (Å²) < 4.78 is 31.6. The van der Waals surface area contributed by atoms with Gasteiger partial charge in [0.2, 0.25) is 15.9 Å². The molecule has 0 spiro atoms. The smallest absolute Gasteiger partial charge is 0.311 e. The van der Waals surface area contributed by atoms with E-state index in [4.69, 9.17) is 4.74 Å². The number of rotatable bonds is 9. The molecule has 1 aromatic rings. The summed E-state index contributed by atoms with van der Waals surface area (Å²) in [5.41, 5.74) is 0.284. The maximum Gasteiger partial charge on any atom is 0.311 e. The molecule has 1 saturated heterocycles. The van der Waals surface area contributed by atoms with Crippen LogP contribution in [0.25, 0.3) is 0 Å². The summed E-state index contributed by atoms with van der Waals surface area (Å²) >= 11 is 0. The fraction of sp³-hybridized carbons (Fsp3) is 0.550. The molecule has 30 heavy (non-hydrogen) atoms. The van der Waals surface area contributed by atoms with Gasteiger partial charge in [-0.05, 0) is 32.0 Å². The quantitative estimate of drug-likeness (QED) is 0.583. The topological polar surface area (TPSA) is 113 Å². The Bertz CT molecular complexity index is 896. The number of benzene rings is 1. The van der Waals surface area contributed by atoms with Crippen LogP contribution in [-0.2, 0) is 29.1 Å². The minimum absolute atomic E-state index is 0.00139. The van der Waals surface area contributed by atoms with Crippen molar-refractivity contribution < 1.29 is 27.5 Å². The highest BCUT2D eigenvalue weighted by atomic mass is 32.2. The van der Waals surface area contributed by atoms with Gasteiger partial charge in [-0.25, -0.2) is 8.42 Å². The average Bonchev–Trinajstić information content (AvgIpc) is 3.09. The zero-order valence-electron chi connectivity index (χ0n) is 17.8. The van der Waals surface area contributed by atoms with Crippen LogP contribution in [0.4, 0.5) is 5.69 Å². The molecule has 0 aliphatic carbocycles. The van der Waals surface area contributed by atoms with Gasteiger partial charge >= 0.3 is 5.97 Å². The highest BCUT2D eigenvalue weighted by Gasteiger charge is 2.36. The number of sulfonamides is 1. The summed E-state index contributed by atoms with van der Waals surface area (Å²) in [5, 5.41) is 2.53. The molecule has 1 aliphatic heterocycles. The van der Waals surface area contributed by atoms with E-state index in [1.54, 1.807) is 24.8 Å². The number of hydrogen-bond acceptors (Lipinski definition) is 6. The largest absolute Gasteiger partial charge is 0.455 e. The van der Waals surface area contributed by atoms with Crippen molar-refractivity contribution >= 4 is 33.5 Å². The van der Waals surface area contributed by atoms with Crippen LogP contribution in [0.15, 0.2) is 29.2 Å². The van der Waals surface area contributed by atoms with E-state index in [1.807, 2.05) is 13.8 Å². The first-order chi connectivity index (χ1) is 14.1. The molecule has 1 atom stereocenters. The number of esters is 1. The Hall–Kier alpha value is -2.46. The van der Waals surface area contributed by atoms with Crippen molar-refractivity contribution in [1.82, 2.24) is 9.21 Å². The monoisotopic (exact) mass is 439 g/mol. The molecular weight excluding hydrogens is 410 g/mol. The summed E-state index contributed by atoms with van der Waals surface area (Å²) in [6, 6.07) is 5.91. The van der Waals surface area contributed by atoms with Gasteiger partial charge in [0, 0.05) is 37.8 Å². The van der Waals surface area contributed by atoms with Crippen molar-refractivity contribution in [2.75, 3.05) is 31.6 Å². The van der Waals surface area contributed by atoms with E-state index in [-0.39, 0.29) is 35.5 Å². The molecule has 2 amide bonds. The molecule has 166 valence electrons. The number of anilines is 1. The van der Waals surface area contributed by atoms with Crippen LogP contribution >= 0.6 is 0 Å². The van der Waals surface area contributed by atoms with E-state index >= 15 is 0 Å². The number of carbonyl (C=O) groups is 3. The second-order valence-corrected chi connectivity index (χ2v) is 9.25. The lowest BCUT2D eigenvalue weighted by atomic mass is 10.1. The summed E-state index contributed by atoms with van der Waals surface area (Å²) in [6.07, 6.45) is 0.0733. The number of nitrogens with zero attached hydrogens (tertiary/aromatic N) is 2. The van der Waals surface area contributed by atoms with Crippen molar-refractivity contribution in [3.8, 4) is 0 Å². The zero-order valence-corrected chi connectivity index (χ0v) is 18.6. The normalized spacial score (nSPS) is 16.9. The molecule has 1 heterocycles. The van der Waals surface area contributed by atoms with Gasteiger partial charge in [0.25, 0.3) is 5.91 Å². The van der Waals surface area contributed by atoms with E-state index < -0.39 is 34.4 Å². The molecular formula is C20H29N3O6S. The summed E-state index contributed by atoms with van der Waals surface area (Å²) in [7, 11) is -3.65. The van der Waals surface area contributed by atoms with Gasteiger partial charge in [0.1, 0.15) is 0 Å². The van der Waals surface area contributed by atoms with Crippen LogP contribution in [-0.4, -0.2) is 67.7 Å². The lowest BCUT2D eigenvalue weighted by Crippen LogP contribution is -2.33. The third kappa shape index (κ3) is 5.57. The van der Waals surface area contributed by atoms with Crippen molar-refractivity contribution in [1.29, 1.82) is 0 Å². The molecule has 1 aliphatic rings. The van der Waals surface area contributed by atoms with Gasteiger partial charge < -0.3 is 15.0 Å². The third-order valence-electron chi connectivity index (χ3n) is 4.92. The fourth-order valence-corrected chi connectivity index (χ4v) is 4.79. The molecule has 2 rings (SSSR count). The standard InChI is InChI=1S/C20H29N3O6S/c1-5-22(6-2)30(27,28)17-9-7-8-16(11-17)21-18(24)13-29-20(26)15-10-19(25)23(12-15)14(3)4/h7-9,11,14-15H,5-6,10,12-13H2,1-4H3,(H,21,24). The summed E-state index contributed by atoms with van der Waals surface area (Å²) in [5.74, 6) is -1.89. The second kappa shape index (κ2) is 10.0. The summed E-state index contributed by atoms with van der Waals surface area (Å²) in [4.78, 5) is 37.9. The number of ether oxygens (including phenoxy) is 1. The lowest BCUT2D eigenvalue weighted by Gasteiger charge is -2.20. The fourth-order valence-electron chi connectivity index (χ4n) is 3.29. The minimum atomic E-state index is -3.65. The van der Waals surface area contributed by atoms with Gasteiger partial charge in [-0.3, -0.25) is 14.4 Å². The first kappa shape index (κ1) is 23.8. The Morgan fingerprint density at radius 1 is 1.27 bits per heavy atom. The highest BCUT2D eigenvalue weighted by molar-refractivity contribution is 7.89. The van der Waals surface area contributed by atoms with Gasteiger partial charge in [-0.15, -0.1) is 0 Å². The Morgan fingerprint density at radius 3 is 2.50 bits per heavy atom. The third-order valence-corrected chi connectivity index (χ3v) is 6.97. The van der Waals surface area contributed by atoms with Crippen LogP contribution in [0.3, 0.4) is 0 Å². The van der Waals surface area contributed by atoms with Crippen molar-refractivity contribution in [2.45, 2.75) is 45.1 Å². The van der Waals surface area contributed by atoms with Crippen LogP contribution < -0.4 is 5.32 Å². The van der Waals surface area contributed by atoms with Crippen LogP contribution in [0.1, 0.15) is 34.1 Å². The number of carbonyl (C=O) groups excluding carboxylic acids is 3. The van der Waals surface area contributed by atoms with Crippen molar-refractivity contribution in [3.63, 3.8) is 0 Å². The Morgan fingerprint density at radius 2 is 1.93 bits per heavy atom. The van der Waals surface area contributed by atoms with Crippen molar-refractivity contribution in [2.24, 2.45) is 5.92 Å². The lowest BCUT2D eigenvalue weighted by molar-refractivity contribution is -0.151. The molecule has 10 heteroatoms. The average molecular weight is 440 g/mol. The second-order valence-electron chi connectivity index (χ2n) is 7.31. The molecule has 1 aromatic carbocycles. The molecule has 0 bridgehead atoms. The SMILES string of the molecule is CCN(CC)S(=O)(=O)c1cccc(NC(=O)COC(=O)C2CC(=O)N(C(C)C)C2)c1. The molecule has 1 N–H and O–H groups in total. The molecule has 1 fully saturated rings. The Balaban J connectivity index is 1.94. The molecule has 0 saturated carbocycles. The van der Waals surface area contributed by atoms with E-state index in [0.29, 0.717) is 13.1 Å². The Kier molecular flexibility index (Phi) is 7.96. The maximum absolute atomic E-state index is 12.6. The molecule has 9 nitrogen and oxygen atoms in total. The number of nitrogens with one attached hydrogen (secondary N) is 1. The maximum atomic E-state index is 12.6. The predicted molar refractivity (Wildman–Crippen MR) is 111 cm³/mol. The van der Waals surface area contributed by atoms with Crippen LogP contribution in [0.5, 0.6) is 0 Å². The predicted octanol–water partition coefficient (Wildman–Crippen LogP) is 1.46. The van der Waals surface area contributed by atoms with E-state index in [1.165, 1.54) is 22.5 Å². The minimum Gasteiger partial charge on any atom is -0.455 e. The van der Waals surface area contributed by atoms with Crippen molar-refractivity contribution in [3.05, 3.63) is 24.3 Å². The van der Waals surface area contributed by atoms with Gasteiger partial charge in [-0.2, -0.15) is 4.31 Å². The summed E-state index contributed by atoms with van der Waals surface area (Å²) in [6.45, 7) is 7.67. The number of amides is 2. The Labute approximate surface area is 177 Å². The van der Waals surface area contributed by atoms with E-state index in [0.717, 1.165) is 0 Å². The number of hydrogen-bond donors (Lipinski definition) is 1. The van der Waals surface area contributed by atoms with Gasteiger partial charge in [-0.1, -0.05) is 19.9 Å². The number of likely N-dealkylation sites (tertiary alicyclic amines) is 1. The highest BCUT2D eigenvalue weighted by Crippen LogP contribution is 2.22. The van der Waals surface area contributed by atoms with Crippen LogP contribution in [0, 0.1) is 5.92 Å². The van der Waals surface area contributed by atoms with Gasteiger partial charge in [0.15, 0.2) is 6.61 Å². The first-order valence-electron chi connectivity index (χ1n) is 9.96.